The summed E-state index contributed by atoms with van der Waals surface area (Å²) in [5.74, 6) is -0.299. The summed E-state index contributed by atoms with van der Waals surface area (Å²) in [5.41, 5.74) is 1.72. The molecular weight excluding hydrogens is 380 g/mol. The van der Waals surface area contributed by atoms with Crippen LogP contribution in [0.5, 0.6) is 0 Å². The van der Waals surface area contributed by atoms with Gasteiger partial charge in [0.05, 0.1) is 5.75 Å². The molecule has 2 atom stereocenters. The van der Waals surface area contributed by atoms with Gasteiger partial charge < -0.3 is 4.90 Å². The monoisotopic (exact) mass is 404 g/mol. The van der Waals surface area contributed by atoms with Crippen molar-refractivity contribution in [2.75, 3.05) is 13.6 Å². The van der Waals surface area contributed by atoms with Crippen LogP contribution in [0.3, 0.4) is 0 Å². The predicted octanol–water partition coefficient (Wildman–Crippen LogP) is 2.55. The van der Waals surface area contributed by atoms with Gasteiger partial charge in [-0.3, -0.25) is 4.79 Å². The van der Waals surface area contributed by atoms with E-state index >= 15 is 0 Å². The Balaban J connectivity index is 1.75. The van der Waals surface area contributed by atoms with Gasteiger partial charge >= 0.3 is 0 Å². The van der Waals surface area contributed by atoms with Gasteiger partial charge in [-0.1, -0.05) is 60.7 Å². The molecule has 3 rings (SSSR count). The molecule has 5 nitrogen and oxygen atoms in total. The molecule has 1 heterocycles. The first-order valence-corrected chi connectivity index (χ1v) is 11.0. The molecule has 1 aliphatic heterocycles. The highest BCUT2D eigenvalue weighted by Crippen LogP contribution is 2.28. The Kier molecular flexibility index (Phi) is 6.24. The van der Waals surface area contributed by atoms with Crippen molar-refractivity contribution in [3.05, 3.63) is 71.8 Å². The third-order valence-corrected chi connectivity index (χ3v) is 6.90. The van der Waals surface area contributed by atoms with E-state index in [9.17, 15) is 13.2 Å². The molecule has 144 valence electrons. The molecule has 0 unspecified atom stereocenters. The summed E-state index contributed by atoms with van der Waals surface area (Å²) in [4.78, 5) is 14.6. The van der Waals surface area contributed by atoms with E-state index in [1.165, 1.54) is 4.31 Å². The van der Waals surface area contributed by atoms with E-state index in [0.717, 1.165) is 5.56 Å². The van der Waals surface area contributed by atoms with Crippen molar-refractivity contribution in [1.82, 2.24) is 9.21 Å². The summed E-state index contributed by atoms with van der Waals surface area (Å²) in [6.45, 7) is 0.702. The minimum Gasteiger partial charge on any atom is -0.340 e. The van der Waals surface area contributed by atoms with Crippen molar-refractivity contribution in [3.63, 3.8) is 0 Å². The van der Waals surface area contributed by atoms with E-state index in [4.69, 9.17) is 0 Å². The molecular formula is C20H24N2O3S2. The van der Waals surface area contributed by atoms with Gasteiger partial charge in [0, 0.05) is 25.4 Å². The lowest BCUT2D eigenvalue weighted by atomic mass is 10.1. The smallest absolute Gasteiger partial charge is 0.241 e. The summed E-state index contributed by atoms with van der Waals surface area (Å²) in [7, 11) is -1.90. The number of sulfonamides is 1. The zero-order valence-electron chi connectivity index (χ0n) is 15.2. The van der Waals surface area contributed by atoms with Gasteiger partial charge in [0.1, 0.15) is 6.04 Å². The number of benzene rings is 2. The van der Waals surface area contributed by atoms with Crippen LogP contribution in [0.4, 0.5) is 0 Å². The Morgan fingerprint density at radius 2 is 1.63 bits per heavy atom. The average molecular weight is 405 g/mol. The van der Waals surface area contributed by atoms with Gasteiger partial charge in [0.25, 0.3) is 0 Å². The first-order valence-electron chi connectivity index (χ1n) is 8.87. The molecule has 2 aromatic rings. The fraction of sp³-hybridized carbons (Fsp3) is 0.350. The molecule has 7 heteroatoms. The average Bonchev–Trinajstić information content (AvgIpc) is 3.05. The quantitative estimate of drug-likeness (QED) is 0.753. The van der Waals surface area contributed by atoms with Crippen molar-refractivity contribution in [3.8, 4) is 0 Å². The fourth-order valence-electron chi connectivity index (χ4n) is 3.37. The van der Waals surface area contributed by atoms with Gasteiger partial charge in [-0.25, -0.2) is 8.42 Å². The Hall–Kier alpha value is -1.83. The van der Waals surface area contributed by atoms with E-state index in [2.05, 4.69) is 12.6 Å². The van der Waals surface area contributed by atoms with Crippen LogP contribution in [-0.2, 0) is 27.1 Å². The molecule has 0 aromatic heterocycles. The number of carbonyl (C=O) groups is 1. The summed E-state index contributed by atoms with van der Waals surface area (Å²) in [5, 5.41) is -0.144. The maximum Gasteiger partial charge on any atom is 0.241 e. The molecule has 0 N–H and O–H groups in total. The van der Waals surface area contributed by atoms with Crippen LogP contribution in [0.1, 0.15) is 17.5 Å². The van der Waals surface area contributed by atoms with Crippen LogP contribution in [0, 0.1) is 0 Å². The van der Waals surface area contributed by atoms with Gasteiger partial charge in [0.2, 0.25) is 15.9 Å². The van der Waals surface area contributed by atoms with E-state index < -0.39 is 16.1 Å². The second kappa shape index (κ2) is 8.46. The van der Waals surface area contributed by atoms with Crippen LogP contribution in [0.2, 0.25) is 0 Å². The highest BCUT2D eigenvalue weighted by Gasteiger charge is 2.43. The molecule has 0 radical (unpaired) electrons. The lowest BCUT2D eigenvalue weighted by Crippen LogP contribution is -2.46. The maximum absolute atomic E-state index is 13.0. The normalized spacial score (nSPS) is 20.5. The third-order valence-electron chi connectivity index (χ3n) is 4.71. The zero-order valence-corrected chi connectivity index (χ0v) is 16.9. The van der Waals surface area contributed by atoms with E-state index in [-0.39, 0.29) is 23.5 Å². The Morgan fingerprint density at radius 1 is 1.07 bits per heavy atom. The van der Waals surface area contributed by atoms with Crippen LogP contribution < -0.4 is 0 Å². The summed E-state index contributed by atoms with van der Waals surface area (Å²) >= 11 is 4.45. The lowest BCUT2D eigenvalue weighted by Gasteiger charge is -2.27. The Labute approximate surface area is 166 Å². The van der Waals surface area contributed by atoms with Gasteiger partial charge in [0.15, 0.2) is 0 Å². The standard InChI is InChI=1S/C20H24N2O3S2/c1-21(13-16-8-4-2-5-9-16)20(23)19-12-18(26)14-22(19)27(24,25)15-17-10-6-3-7-11-17/h2-11,18-19,26H,12-15H2,1H3/t18-,19-/m0/s1. The van der Waals surface area contributed by atoms with Crippen molar-refractivity contribution >= 4 is 28.6 Å². The number of carbonyl (C=O) groups excluding carboxylic acids is 1. The molecule has 0 spiro atoms. The molecule has 0 saturated carbocycles. The zero-order chi connectivity index (χ0) is 19.4. The van der Waals surface area contributed by atoms with Crippen LogP contribution >= 0.6 is 12.6 Å². The maximum atomic E-state index is 13.0. The first-order chi connectivity index (χ1) is 12.9. The number of rotatable bonds is 6. The Bertz CT molecular complexity index is 873. The third kappa shape index (κ3) is 4.91. The predicted molar refractivity (Wildman–Crippen MR) is 110 cm³/mol. The molecule has 0 aliphatic carbocycles. The minimum atomic E-state index is -3.61. The van der Waals surface area contributed by atoms with Crippen LogP contribution in [-0.4, -0.2) is 48.4 Å². The number of hydrogen-bond donors (Lipinski definition) is 1. The SMILES string of the molecule is CN(Cc1ccccc1)C(=O)[C@@H]1C[C@H](S)CN1S(=O)(=O)Cc1ccccc1. The number of thiol groups is 1. The fourth-order valence-corrected chi connectivity index (χ4v) is 5.61. The first kappa shape index (κ1) is 19.9. The number of nitrogens with zero attached hydrogens (tertiary/aromatic N) is 2. The highest BCUT2D eigenvalue weighted by atomic mass is 32.2. The Morgan fingerprint density at radius 3 is 2.22 bits per heavy atom. The molecule has 27 heavy (non-hydrogen) atoms. The largest absolute Gasteiger partial charge is 0.340 e. The topological polar surface area (TPSA) is 57.7 Å². The van der Waals surface area contributed by atoms with E-state index in [1.54, 1.807) is 24.1 Å². The lowest BCUT2D eigenvalue weighted by molar-refractivity contribution is -0.133. The van der Waals surface area contributed by atoms with Gasteiger partial charge in [-0.15, -0.1) is 0 Å². The summed E-state index contributed by atoms with van der Waals surface area (Å²) in [6, 6.07) is 18.0. The van der Waals surface area contributed by atoms with Crippen molar-refractivity contribution in [1.29, 1.82) is 0 Å². The molecule has 1 fully saturated rings. The van der Waals surface area contributed by atoms with Crippen molar-refractivity contribution < 1.29 is 13.2 Å². The van der Waals surface area contributed by atoms with E-state index in [0.29, 0.717) is 18.5 Å². The second-order valence-corrected chi connectivity index (χ2v) is 9.55. The molecule has 1 saturated heterocycles. The number of hydrogen-bond acceptors (Lipinski definition) is 4. The molecule has 0 bridgehead atoms. The number of amides is 1. The van der Waals surface area contributed by atoms with Crippen LogP contribution in [0.25, 0.3) is 0 Å². The highest BCUT2D eigenvalue weighted by molar-refractivity contribution is 7.88. The van der Waals surface area contributed by atoms with Gasteiger partial charge in [-0.2, -0.15) is 16.9 Å². The van der Waals surface area contributed by atoms with Crippen LogP contribution in [0.15, 0.2) is 60.7 Å². The molecule has 2 aromatic carbocycles. The van der Waals surface area contributed by atoms with Crippen molar-refractivity contribution in [2.45, 2.75) is 30.0 Å². The van der Waals surface area contributed by atoms with E-state index in [1.807, 2.05) is 48.5 Å². The molecule has 1 amide bonds. The summed E-state index contributed by atoms with van der Waals surface area (Å²) in [6.07, 6.45) is 0.426. The minimum absolute atomic E-state index is 0.111. The number of likely N-dealkylation sites (N-methyl/N-ethyl adjacent to an activating group) is 1. The van der Waals surface area contributed by atoms with Gasteiger partial charge in [-0.05, 0) is 17.5 Å². The second-order valence-electron chi connectivity index (χ2n) is 6.90. The summed E-state index contributed by atoms with van der Waals surface area (Å²) < 4.78 is 27.3. The molecule has 1 aliphatic rings. The van der Waals surface area contributed by atoms with Crippen molar-refractivity contribution in [2.24, 2.45) is 0 Å².